The molecule has 25 heavy (non-hydrogen) atoms. The molecular formula is C22H30BIS-. The Kier molecular flexibility index (Phi) is 10.0. The van der Waals surface area contributed by atoms with Crippen LogP contribution >= 0.6 is 12.6 Å². The van der Waals surface area contributed by atoms with Gasteiger partial charge < -0.3 is 0 Å². The molecule has 1 aliphatic rings. The Morgan fingerprint density at radius 2 is 2.04 bits per heavy atom. The van der Waals surface area contributed by atoms with Gasteiger partial charge in [0, 0.05) is 0 Å². The van der Waals surface area contributed by atoms with Gasteiger partial charge >= 0.3 is 159 Å². The van der Waals surface area contributed by atoms with Gasteiger partial charge in [0.25, 0.3) is 0 Å². The molecule has 135 valence electrons. The molecule has 0 spiro atoms. The van der Waals surface area contributed by atoms with Crippen LogP contribution in [0.25, 0.3) is 11.5 Å². The van der Waals surface area contributed by atoms with Crippen LogP contribution in [0.5, 0.6) is 0 Å². The summed E-state index contributed by atoms with van der Waals surface area (Å²) in [6, 6.07) is 6.46. The van der Waals surface area contributed by atoms with Crippen molar-refractivity contribution in [1.29, 1.82) is 0 Å². The predicted octanol–water partition coefficient (Wildman–Crippen LogP) is 2.97. The topological polar surface area (TPSA) is 0 Å². The molecule has 1 aromatic carbocycles. The fourth-order valence-electron chi connectivity index (χ4n) is 2.50. The van der Waals surface area contributed by atoms with Gasteiger partial charge in [0.15, 0.2) is 0 Å². The third kappa shape index (κ3) is 6.91. The molecule has 0 N–H and O–H groups in total. The van der Waals surface area contributed by atoms with E-state index in [0.29, 0.717) is 5.92 Å². The summed E-state index contributed by atoms with van der Waals surface area (Å²) in [5.74, 6) is 3.91. The summed E-state index contributed by atoms with van der Waals surface area (Å²) in [4.78, 5) is 2.20. The van der Waals surface area contributed by atoms with Crippen molar-refractivity contribution in [3.8, 4) is 9.85 Å². The zero-order valence-electron chi connectivity index (χ0n) is 16.4. The van der Waals surface area contributed by atoms with Crippen LogP contribution < -0.4 is 21.2 Å². The third-order valence-electron chi connectivity index (χ3n) is 4.33. The average Bonchev–Trinajstić information content (AvgIpc) is 2.81. The first-order valence-corrected chi connectivity index (χ1v) is 12.7. The van der Waals surface area contributed by atoms with Crippen molar-refractivity contribution in [1.82, 2.24) is 0 Å². The number of thiol groups is 1. The number of hydrogen-bond donors (Lipinski definition) is 1. The molecule has 0 nitrogen and oxygen atoms in total. The molecule has 1 radical (unpaired) electrons. The van der Waals surface area contributed by atoms with Crippen molar-refractivity contribution in [3.63, 3.8) is 0 Å². The molecule has 1 aromatic rings. The summed E-state index contributed by atoms with van der Waals surface area (Å²) < 4.78 is 3.36. The van der Waals surface area contributed by atoms with E-state index >= 15 is 0 Å². The zero-order chi connectivity index (χ0) is 18.9. The number of rotatable bonds is 4. The summed E-state index contributed by atoms with van der Waals surface area (Å²) >= 11 is 4.71. The molecule has 1 aliphatic carbocycles. The molecule has 2 rings (SSSR count). The molecule has 1 atom stereocenters. The van der Waals surface area contributed by atoms with E-state index in [4.69, 9.17) is 12.6 Å². The second-order valence-electron chi connectivity index (χ2n) is 6.47. The number of halogens is 1. The van der Waals surface area contributed by atoms with Gasteiger partial charge in [-0.15, -0.1) is 0 Å². The SMILES string of the molecule is CC.C[I-]C#Cc1cccc2c1C([B]CC(C)C(C)(C)S)=CCC=C2. The van der Waals surface area contributed by atoms with Gasteiger partial charge in [-0.1, -0.05) is 13.8 Å². The Labute approximate surface area is 171 Å². The molecule has 0 amide bonds. The molecule has 0 aliphatic heterocycles. The normalized spacial score (nSPS) is 14.1. The minimum atomic E-state index is -0.00785. The number of alkyl halides is 1. The van der Waals surface area contributed by atoms with Crippen LogP contribution in [0.3, 0.4) is 0 Å². The average molecular weight is 464 g/mol. The van der Waals surface area contributed by atoms with Gasteiger partial charge in [-0.25, -0.2) is 0 Å². The van der Waals surface area contributed by atoms with Gasteiger partial charge in [0.1, 0.15) is 0 Å². The van der Waals surface area contributed by atoms with E-state index in [0.717, 1.165) is 18.3 Å². The van der Waals surface area contributed by atoms with Crippen LogP contribution in [-0.2, 0) is 0 Å². The maximum atomic E-state index is 4.72. The second-order valence-corrected chi connectivity index (χ2v) is 9.24. The zero-order valence-corrected chi connectivity index (χ0v) is 19.4. The van der Waals surface area contributed by atoms with Crippen molar-refractivity contribution in [2.75, 3.05) is 4.93 Å². The molecular weight excluding hydrogens is 434 g/mol. The summed E-state index contributed by atoms with van der Waals surface area (Å²) in [5, 5.41) is 0. The van der Waals surface area contributed by atoms with Crippen LogP contribution in [0.2, 0.25) is 6.32 Å². The summed E-state index contributed by atoms with van der Waals surface area (Å²) in [5.41, 5.74) is 5.07. The summed E-state index contributed by atoms with van der Waals surface area (Å²) in [7, 11) is 2.38. The number of fused-ring (bicyclic) bond motifs is 1. The molecule has 3 heteroatoms. The quantitative estimate of drug-likeness (QED) is 0.229. The van der Waals surface area contributed by atoms with E-state index in [9.17, 15) is 0 Å². The molecule has 0 bridgehead atoms. The first-order chi connectivity index (χ1) is 11.9. The number of hydrogen-bond acceptors (Lipinski definition) is 1. The van der Waals surface area contributed by atoms with Gasteiger partial charge in [0.05, 0.1) is 0 Å². The van der Waals surface area contributed by atoms with Crippen LogP contribution in [0.1, 0.15) is 57.7 Å². The van der Waals surface area contributed by atoms with Crippen molar-refractivity contribution in [3.05, 3.63) is 47.0 Å². The first kappa shape index (κ1) is 22.4. The molecule has 0 fully saturated rings. The minimum absolute atomic E-state index is 0.00785. The maximum absolute atomic E-state index is 4.72. The fourth-order valence-corrected chi connectivity index (χ4v) is 3.17. The molecule has 0 aromatic heterocycles. The Balaban J connectivity index is 0.00000151. The second kappa shape index (κ2) is 11.2. The van der Waals surface area contributed by atoms with Gasteiger partial charge in [-0.2, -0.15) is 0 Å². The summed E-state index contributed by atoms with van der Waals surface area (Å²) in [6.45, 7) is 10.6. The van der Waals surface area contributed by atoms with Gasteiger partial charge in [0.2, 0.25) is 0 Å². The predicted molar refractivity (Wildman–Crippen MR) is 115 cm³/mol. The monoisotopic (exact) mass is 464 g/mol. The Morgan fingerprint density at radius 1 is 1.32 bits per heavy atom. The third-order valence-corrected chi connectivity index (χ3v) is 5.58. The van der Waals surface area contributed by atoms with E-state index in [1.54, 1.807) is 0 Å². The van der Waals surface area contributed by atoms with Gasteiger partial charge in [-0.3, -0.25) is 0 Å². The first-order valence-electron chi connectivity index (χ1n) is 8.98. The van der Waals surface area contributed by atoms with Crippen molar-refractivity contribution >= 4 is 31.5 Å². The van der Waals surface area contributed by atoms with E-state index in [1.807, 2.05) is 13.8 Å². The standard InChI is InChI=1S/C20H24BIS.C2H6/c1-15(20(2,3)23)14-21-18-11-6-5-8-16-9-7-10-17(19(16)18)12-13-22-4;1-2/h5,7-11,15,23H,6,14H2,1-4H3;1-2H3/q-1;. The Bertz CT molecular complexity index is 671. The number of allylic oxidation sites excluding steroid dienone is 2. The van der Waals surface area contributed by atoms with Crippen molar-refractivity contribution in [2.45, 2.75) is 52.1 Å². The Morgan fingerprint density at radius 3 is 2.68 bits per heavy atom. The van der Waals surface area contributed by atoms with Crippen molar-refractivity contribution < 1.29 is 21.2 Å². The molecule has 0 saturated carbocycles. The summed E-state index contributed by atoms with van der Waals surface area (Å²) in [6.07, 6.45) is 8.80. The Hall–Kier alpha value is -0.595. The molecule has 0 heterocycles. The fraction of sp³-hybridized carbons (Fsp3) is 0.455. The van der Waals surface area contributed by atoms with E-state index in [2.05, 4.69) is 79.3 Å². The van der Waals surface area contributed by atoms with Crippen molar-refractivity contribution in [2.24, 2.45) is 5.92 Å². The van der Waals surface area contributed by atoms with Crippen LogP contribution in [0, 0.1) is 15.8 Å². The van der Waals surface area contributed by atoms with E-state index in [-0.39, 0.29) is 26.0 Å². The van der Waals surface area contributed by atoms with Crippen LogP contribution in [0.4, 0.5) is 0 Å². The van der Waals surface area contributed by atoms with Gasteiger partial charge in [-0.05, 0) is 0 Å². The van der Waals surface area contributed by atoms with Crippen LogP contribution in [0.15, 0.2) is 30.4 Å². The van der Waals surface area contributed by atoms with E-state index in [1.165, 1.54) is 16.6 Å². The molecule has 1 unspecified atom stereocenters. The number of benzene rings is 1. The molecule has 0 saturated heterocycles. The van der Waals surface area contributed by atoms with Crippen LogP contribution in [-0.4, -0.2) is 17.0 Å². The van der Waals surface area contributed by atoms with E-state index < -0.39 is 0 Å².